The van der Waals surface area contributed by atoms with Crippen LogP contribution in [0.25, 0.3) is 0 Å². The summed E-state index contributed by atoms with van der Waals surface area (Å²) < 4.78 is 245. The first-order chi connectivity index (χ1) is 37.0. The van der Waals surface area contributed by atoms with Crippen molar-refractivity contribution >= 4 is 11.9 Å². The number of halogens is 14. The summed E-state index contributed by atoms with van der Waals surface area (Å²) in [6.45, 7) is 4.17. The fourth-order valence-corrected chi connectivity index (χ4v) is 10.8. The van der Waals surface area contributed by atoms with Gasteiger partial charge in [-0.25, -0.2) is 31.1 Å². The van der Waals surface area contributed by atoms with E-state index in [0.29, 0.717) is 41.3 Å². The van der Waals surface area contributed by atoms with E-state index in [1.54, 1.807) is 0 Å². The molecule has 5 unspecified atom stereocenters. The Hall–Kier alpha value is -7.72. The zero-order valence-corrected chi connectivity index (χ0v) is 42.0. The van der Waals surface area contributed by atoms with Gasteiger partial charge in [-0.2, -0.15) is 35.1 Å². The Bertz CT molecular complexity index is 2950. The van der Waals surface area contributed by atoms with Gasteiger partial charge in [0.25, 0.3) is 0 Å². The van der Waals surface area contributed by atoms with Gasteiger partial charge in [0, 0.05) is 24.1 Å². The molecule has 1 aliphatic heterocycles. The predicted molar refractivity (Wildman–Crippen MR) is 259 cm³/mol. The Morgan fingerprint density at radius 1 is 0.544 bits per heavy atom. The minimum Gasteiger partial charge on any atom is -0.488 e. The molecular weight excluding hydrogens is 1080 g/mol. The van der Waals surface area contributed by atoms with Crippen LogP contribution in [0.4, 0.5) is 66.3 Å². The number of carbonyl (C=O) groups excluding carboxylic acids is 2. The normalized spacial score (nSPS) is 18.3. The summed E-state index contributed by atoms with van der Waals surface area (Å²) in [5.41, 5.74) is -3.04. The van der Waals surface area contributed by atoms with Crippen LogP contribution in [0.2, 0.25) is 0 Å². The van der Waals surface area contributed by atoms with Gasteiger partial charge in [-0.05, 0) is 116 Å². The lowest BCUT2D eigenvalue weighted by molar-refractivity contribution is -0.253. The highest BCUT2D eigenvalue weighted by Crippen LogP contribution is 2.73. The van der Waals surface area contributed by atoms with Crippen molar-refractivity contribution in [1.29, 1.82) is 0 Å². The van der Waals surface area contributed by atoms with Crippen molar-refractivity contribution in [1.82, 2.24) is 4.90 Å². The van der Waals surface area contributed by atoms with Crippen molar-refractivity contribution in [2.75, 3.05) is 6.54 Å². The Labute approximate surface area is 443 Å². The largest absolute Gasteiger partial charge is 0.488 e. The minimum atomic E-state index is -5.47. The summed E-state index contributed by atoms with van der Waals surface area (Å²) in [4.78, 5) is 28.7. The van der Waals surface area contributed by atoms with Crippen molar-refractivity contribution < 1.29 is 90.0 Å². The number of hydrogen-bond acceptors (Lipinski definition) is 6. The molecule has 5 atom stereocenters. The van der Waals surface area contributed by atoms with Crippen molar-refractivity contribution in [3.05, 3.63) is 190 Å². The van der Waals surface area contributed by atoms with E-state index in [2.05, 4.69) is 9.47 Å². The zero-order valence-electron chi connectivity index (χ0n) is 42.0. The smallest absolute Gasteiger partial charge is 0.461 e. The third-order valence-electron chi connectivity index (χ3n) is 13.6. The highest BCUT2D eigenvalue weighted by molar-refractivity contribution is 5.87. The van der Waals surface area contributed by atoms with Crippen LogP contribution in [0.3, 0.4) is 0 Å². The number of amides is 3. The fourth-order valence-electron chi connectivity index (χ4n) is 10.8. The van der Waals surface area contributed by atoms with Gasteiger partial charge >= 0.3 is 31.1 Å². The van der Waals surface area contributed by atoms with Crippen LogP contribution in [0.15, 0.2) is 133 Å². The number of urea groups is 1. The van der Waals surface area contributed by atoms with Crippen LogP contribution in [0.5, 0.6) is 23.0 Å². The Kier molecular flexibility index (Phi) is 16.8. The molecule has 6 aromatic carbocycles. The van der Waals surface area contributed by atoms with E-state index in [-0.39, 0.29) is 12.1 Å². The van der Waals surface area contributed by atoms with Crippen molar-refractivity contribution in [2.45, 2.75) is 101 Å². The molecule has 6 aromatic rings. The van der Waals surface area contributed by atoms with Crippen LogP contribution in [0.1, 0.15) is 79.8 Å². The van der Waals surface area contributed by atoms with Gasteiger partial charge in [0.2, 0.25) is 5.91 Å². The van der Waals surface area contributed by atoms with Crippen molar-refractivity contribution in [2.24, 2.45) is 16.9 Å². The third-order valence-corrected chi connectivity index (χ3v) is 13.6. The Morgan fingerprint density at radius 2 is 0.924 bits per heavy atom. The van der Waals surface area contributed by atoms with Gasteiger partial charge < -0.3 is 35.3 Å². The second kappa shape index (κ2) is 22.6. The number of ether oxygens (including phenoxy) is 4. The first-order valence-electron chi connectivity index (χ1n) is 24.0. The van der Waals surface area contributed by atoms with Crippen molar-refractivity contribution in [3.8, 4) is 23.0 Å². The van der Waals surface area contributed by atoms with Gasteiger partial charge in [-0.3, -0.25) is 4.79 Å². The molecule has 1 aliphatic rings. The number of benzene rings is 6. The van der Waals surface area contributed by atoms with Crippen LogP contribution in [-0.4, -0.2) is 66.7 Å². The maximum atomic E-state index is 20.3. The highest BCUT2D eigenvalue weighted by Gasteiger charge is 2.75. The molecule has 1 fully saturated rings. The van der Waals surface area contributed by atoms with E-state index >= 15 is 43.9 Å². The van der Waals surface area contributed by atoms with Gasteiger partial charge in [0.15, 0.2) is 23.1 Å². The van der Waals surface area contributed by atoms with Crippen LogP contribution < -0.4 is 30.4 Å². The monoisotopic (exact) mass is 1130 g/mol. The lowest BCUT2D eigenvalue weighted by Gasteiger charge is -2.62. The lowest BCUT2D eigenvalue weighted by atomic mass is 9.40. The molecule has 0 aliphatic carbocycles. The average molecular weight is 1130 g/mol. The third kappa shape index (κ3) is 11.0. The molecular formula is C56H49F14N3O6. The summed E-state index contributed by atoms with van der Waals surface area (Å²) in [5, 5.41) is 0. The van der Waals surface area contributed by atoms with E-state index in [1.807, 2.05) is 0 Å². The summed E-state index contributed by atoms with van der Waals surface area (Å²) in [5.74, 6) is -11.9. The van der Waals surface area contributed by atoms with E-state index < -0.39 is 176 Å². The molecule has 4 N–H and O–H groups in total. The quantitative estimate of drug-likeness (QED) is 0.0691. The van der Waals surface area contributed by atoms with Crippen molar-refractivity contribution in [3.63, 3.8) is 0 Å². The fraction of sp³-hybridized carbons (Fsp3) is 0.321. The van der Waals surface area contributed by atoms with Crippen LogP contribution in [0, 0.1) is 28.7 Å². The molecule has 3 amide bonds. The molecule has 0 radical (unpaired) electrons. The van der Waals surface area contributed by atoms with E-state index in [9.17, 15) is 27.2 Å². The molecule has 0 spiro atoms. The highest BCUT2D eigenvalue weighted by atomic mass is 19.3. The molecule has 422 valence electrons. The lowest BCUT2D eigenvalue weighted by Crippen LogP contribution is -2.64. The number of nitrogens with zero attached hydrogens (tertiary/aromatic N) is 1. The second-order valence-corrected chi connectivity index (χ2v) is 19.2. The SMILES string of the molecule is CC(C)Oc1cc(C(c2cc(F)cc(OC(F)(F)C(F)F)c2)(C(F)c2ccccc2)C2(C(c3cc(F)cc(OC(F)(F)C(F)F)c3)(c3ccc(F)c(OC(C)C)c3)C(F)c3ccccc3)CC(C(N)=O)N(C(N)=O)C2)ccc1F. The Balaban J connectivity index is 1.93. The molecule has 0 aromatic heterocycles. The maximum absolute atomic E-state index is 20.3. The first kappa shape index (κ1) is 59.0. The average Bonchev–Trinajstić information content (AvgIpc) is 2.76. The standard InChI is InChI=1S/C56H49F14N3O6/c1-29(2)76-44-23-33(15-17-41(44)59)53(46(61)31-11-7-5-8-12-31,35-19-37(57)25-39(21-35)78-55(67,68)49(63)64)52(27-43(48(71)74)73(28-52)51(72)75)54(47(62)32-13-9-6-10-14-32,34-16-18-42(60)45(24-34)77-30(3)4)36-20-38(58)26-40(22-36)79-56(69,70)50(65)66/h5-26,29-30,43,46-47,49-50H,27-28H2,1-4H3,(H2,71,74)(H2,72,75). The van der Waals surface area contributed by atoms with Crippen LogP contribution >= 0.6 is 0 Å². The number of hydrogen-bond donors (Lipinski definition) is 2. The number of carbonyl (C=O) groups is 2. The molecule has 7 rings (SSSR count). The Morgan fingerprint density at radius 3 is 1.24 bits per heavy atom. The first-order valence-corrected chi connectivity index (χ1v) is 24.0. The van der Waals surface area contributed by atoms with Gasteiger partial charge in [-0.1, -0.05) is 72.8 Å². The zero-order chi connectivity index (χ0) is 58.2. The molecule has 79 heavy (non-hydrogen) atoms. The molecule has 0 saturated carbocycles. The minimum absolute atomic E-state index is 0.158. The summed E-state index contributed by atoms with van der Waals surface area (Å²) in [6.07, 6.45) is -29.8. The van der Waals surface area contributed by atoms with Gasteiger partial charge in [-0.15, -0.1) is 0 Å². The molecule has 9 nitrogen and oxygen atoms in total. The molecule has 0 bridgehead atoms. The number of primary amides is 2. The van der Waals surface area contributed by atoms with E-state index in [0.717, 1.165) is 48.5 Å². The summed E-state index contributed by atoms with van der Waals surface area (Å²) in [7, 11) is 0. The maximum Gasteiger partial charge on any atom is 0.461 e. The van der Waals surface area contributed by atoms with E-state index in [1.165, 1.54) is 64.1 Å². The van der Waals surface area contributed by atoms with Gasteiger partial charge in [0.1, 0.15) is 41.5 Å². The number of alkyl halides is 10. The number of likely N-dealkylation sites (tertiary alicyclic amines) is 1. The molecule has 23 heteroatoms. The van der Waals surface area contributed by atoms with Crippen LogP contribution in [-0.2, 0) is 15.6 Å². The molecule has 1 saturated heterocycles. The van der Waals surface area contributed by atoms with E-state index in [4.69, 9.17) is 20.9 Å². The number of rotatable bonds is 21. The topological polar surface area (TPSA) is 126 Å². The molecule has 1 heterocycles. The summed E-state index contributed by atoms with van der Waals surface area (Å²) in [6, 6.07) is 14.5. The number of nitrogens with two attached hydrogens (primary N) is 2. The second-order valence-electron chi connectivity index (χ2n) is 19.2. The summed E-state index contributed by atoms with van der Waals surface area (Å²) >= 11 is 0. The predicted octanol–water partition coefficient (Wildman–Crippen LogP) is 13.6. The van der Waals surface area contributed by atoms with Gasteiger partial charge in [0.05, 0.1) is 23.0 Å².